The van der Waals surface area contributed by atoms with Crippen molar-refractivity contribution < 1.29 is 29.3 Å². The zero-order valence-corrected chi connectivity index (χ0v) is 21.7. The highest BCUT2D eigenvalue weighted by atomic mass is 16.7. The van der Waals surface area contributed by atoms with Gasteiger partial charge in [0, 0.05) is 31.8 Å². The first-order valence-corrected chi connectivity index (χ1v) is 13.6. The number of carboxylic acids is 1. The van der Waals surface area contributed by atoms with Gasteiger partial charge in [-0.2, -0.15) is 0 Å². The molecule has 2 aliphatic rings. The van der Waals surface area contributed by atoms with Crippen molar-refractivity contribution in [3.63, 3.8) is 0 Å². The fraction of sp³-hybridized carbons (Fsp3) is 0.857. The molecule has 1 aliphatic carbocycles. The molecule has 2 fully saturated rings. The van der Waals surface area contributed by atoms with E-state index in [0.29, 0.717) is 38.9 Å². The van der Waals surface area contributed by atoms with Crippen LogP contribution in [-0.2, 0) is 19.1 Å². The van der Waals surface area contributed by atoms with Crippen molar-refractivity contribution in [1.29, 1.82) is 0 Å². The van der Waals surface area contributed by atoms with Gasteiger partial charge in [0.25, 0.3) is 0 Å². The van der Waals surface area contributed by atoms with Crippen molar-refractivity contribution >= 4 is 11.8 Å². The lowest BCUT2D eigenvalue weighted by Gasteiger charge is -2.31. The van der Waals surface area contributed by atoms with Crippen LogP contribution >= 0.6 is 0 Å². The minimum absolute atomic E-state index is 0.00578. The Labute approximate surface area is 206 Å². The number of allylic oxidation sites excluding steroid dienone is 2. The number of aliphatic carboxylic acids is 1. The van der Waals surface area contributed by atoms with Gasteiger partial charge in [-0.3, -0.25) is 9.59 Å². The Bertz CT molecular complexity index is 637. The van der Waals surface area contributed by atoms with Crippen LogP contribution < -0.4 is 0 Å². The van der Waals surface area contributed by atoms with Crippen molar-refractivity contribution in [2.75, 3.05) is 19.8 Å². The Morgan fingerprint density at radius 3 is 2.44 bits per heavy atom. The van der Waals surface area contributed by atoms with E-state index in [1.165, 1.54) is 25.7 Å². The molecule has 34 heavy (non-hydrogen) atoms. The molecule has 2 N–H and O–H groups in total. The van der Waals surface area contributed by atoms with Crippen LogP contribution in [0, 0.1) is 29.6 Å². The number of rotatable bonds is 17. The number of Topliss-reactive ketones (excluding diaryl/α,β-unsaturated/α-hetero) is 1. The first kappa shape index (κ1) is 29.0. The second-order valence-corrected chi connectivity index (χ2v) is 10.7. The monoisotopic (exact) mass is 480 g/mol. The predicted octanol–water partition coefficient (Wildman–Crippen LogP) is 5.77. The van der Waals surface area contributed by atoms with Gasteiger partial charge in [-0.05, 0) is 49.9 Å². The fourth-order valence-corrected chi connectivity index (χ4v) is 5.75. The molecule has 0 aromatic heterocycles. The van der Waals surface area contributed by atoms with E-state index in [4.69, 9.17) is 9.47 Å². The maximum Gasteiger partial charge on any atom is 0.306 e. The molecule has 6 heteroatoms. The zero-order valence-electron chi connectivity index (χ0n) is 21.7. The van der Waals surface area contributed by atoms with E-state index in [1.807, 2.05) is 26.0 Å². The molecule has 2 rings (SSSR count). The minimum atomic E-state index is -0.740. The molecule has 4 atom stereocenters. The quantitative estimate of drug-likeness (QED) is 0.203. The molecule has 196 valence electrons. The van der Waals surface area contributed by atoms with E-state index in [1.54, 1.807) is 0 Å². The number of carbonyl (C=O) groups is 2. The van der Waals surface area contributed by atoms with Crippen LogP contribution in [0.15, 0.2) is 12.2 Å². The van der Waals surface area contributed by atoms with Crippen molar-refractivity contribution in [1.82, 2.24) is 0 Å². The average molecular weight is 481 g/mol. The number of aliphatic hydroxyl groups is 1. The molecule has 1 heterocycles. The fourth-order valence-electron chi connectivity index (χ4n) is 5.75. The van der Waals surface area contributed by atoms with E-state index in [-0.39, 0.29) is 42.0 Å². The zero-order chi connectivity index (χ0) is 25.0. The van der Waals surface area contributed by atoms with Crippen LogP contribution in [-0.4, -0.2) is 47.6 Å². The molecule has 0 amide bonds. The third kappa shape index (κ3) is 8.76. The number of unbranched alkanes of at least 4 members (excludes halogenated alkanes) is 4. The van der Waals surface area contributed by atoms with E-state index >= 15 is 0 Å². The third-order valence-corrected chi connectivity index (χ3v) is 7.89. The molecule has 6 nitrogen and oxygen atoms in total. The first-order valence-electron chi connectivity index (χ1n) is 13.6. The van der Waals surface area contributed by atoms with E-state index < -0.39 is 11.8 Å². The summed E-state index contributed by atoms with van der Waals surface area (Å²) in [5.41, 5.74) is 0. The number of carboxylic acid groups (broad SMARTS) is 1. The number of ether oxygens (including phenoxy) is 2. The van der Waals surface area contributed by atoms with Crippen LogP contribution in [0.2, 0.25) is 0 Å². The third-order valence-electron chi connectivity index (χ3n) is 7.89. The van der Waals surface area contributed by atoms with Crippen LogP contribution in [0.5, 0.6) is 0 Å². The van der Waals surface area contributed by atoms with Gasteiger partial charge in [-0.25, -0.2) is 0 Å². The van der Waals surface area contributed by atoms with E-state index in [0.717, 1.165) is 25.7 Å². The number of hydrogen-bond donors (Lipinski definition) is 2. The Balaban J connectivity index is 1.90. The number of ketones is 1. The van der Waals surface area contributed by atoms with Crippen molar-refractivity contribution in [3.8, 4) is 0 Å². The lowest BCUT2D eigenvalue weighted by molar-refractivity contribution is -0.171. The Hall–Kier alpha value is -1.24. The van der Waals surface area contributed by atoms with Crippen LogP contribution in [0.3, 0.4) is 0 Å². The summed E-state index contributed by atoms with van der Waals surface area (Å²) in [6.07, 6.45) is 15.0. The summed E-state index contributed by atoms with van der Waals surface area (Å²) in [5.74, 6) is -1.21. The predicted molar refractivity (Wildman–Crippen MR) is 133 cm³/mol. The number of carbonyl (C=O) groups excluding carboxylic acids is 1. The van der Waals surface area contributed by atoms with Crippen LogP contribution in [0.4, 0.5) is 0 Å². The Morgan fingerprint density at radius 2 is 1.82 bits per heavy atom. The second-order valence-electron chi connectivity index (χ2n) is 10.7. The van der Waals surface area contributed by atoms with Crippen LogP contribution in [0.1, 0.15) is 97.8 Å². The van der Waals surface area contributed by atoms with Gasteiger partial charge in [-0.1, -0.05) is 58.6 Å². The maximum atomic E-state index is 12.8. The van der Waals surface area contributed by atoms with Gasteiger partial charge in [0.15, 0.2) is 5.79 Å². The molecule has 0 aromatic rings. The summed E-state index contributed by atoms with van der Waals surface area (Å²) in [7, 11) is 0. The second kappa shape index (κ2) is 15.0. The molecule has 0 bridgehead atoms. The van der Waals surface area contributed by atoms with Crippen molar-refractivity contribution in [3.05, 3.63) is 12.2 Å². The lowest BCUT2D eigenvalue weighted by atomic mass is 9.82. The highest BCUT2D eigenvalue weighted by molar-refractivity contribution is 5.84. The maximum absolute atomic E-state index is 12.8. The van der Waals surface area contributed by atoms with Crippen LogP contribution in [0.25, 0.3) is 0 Å². The SMILES string of the molecule is CCCCCCCC1(CC[C@H]2[C@H](CO)CC(=O)[C@@H]2C/C=C/CCC(C(=O)O)C(C)C)OCCO1. The number of hydrogen-bond acceptors (Lipinski definition) is 5. The minimum Gasteiger partial charge on any atom is -0.481 e. The van der Waals surface area contributed by atoms with Gasteiger partial charge < -0.3 is 19.7 Å². The summed E-state index contributed by atoms with van der Waals surface area (Å²) >= 11 is 0. The Morgan fingerprint density at radius 1 is 1.12 bits per heavy atom. The molecule has 0 radical (unpaired) electrons. The smallest absolute Gasteiger partial charge is 0.306 e. The van der Waals surface area contributed by atoms with Crippen molar-refractivity contribution in [2.45, 2.75) is 104 Å². The molecule has 0 aromatic carbocycles. The topological polar surface area (TPSA) is 93.1 Å². The van der Waals surface area contributed by atoms with Gasteiger partial charge in [0.2, 0.25) is 0 Å². The van der Waals surface area contributed by atoms with E-state index in [9.17, 15) is 19.8 Å². The summed E-state index contributed by atoms with van der Waals surface area (Å²) in [5, 5.41) is 19.3. The lowest BCUT2D eigenvalue weighted by Crippen LogP contribution is -2.32. The highest BCUT2D eigenvalue weighted by Crippen LogP contribution is 2.42. The summed E-state index contributed by atoms with van der Waals surface area (Å²) < 4.78 is 12.2. The van der Waals surface area contributed by atoms with Crippen molar-refractivity contribution in [2.24, 2.45) is 29.6 Å². The molecular formula is C28H48O6. The molecule has 1 unspecified atom stereocenters. The number of aliphatic hydroxyl groups excluding tert-OH is 1. The average Bonchev–Trinajstić information content (AvgIpc) is 3.38. The highest BCUT2D eigenvalue weighted by Gasteiger charge is 2.44. The summed E-state index contributed by atoms with van der Waals surface area (Å²) in [4.78, 5) is 24.1. The summed E-state index contributed by atoms with van der Waals surface area (Å²) in [6, 6.07) is 0. The molecule has 0 spiro atoms. The molecule has 1 aliphatic heterocycles. The normalized spacial score (nSPS) is 25.6. The molecule has 1 saturated heterocycles. The molecular weight excluding hydrogens is 432 g/mol. The largest absolute Gasteiger partial charge is 0.481 e. The van der Waals surface area contributed by atoms with Gasteiger partial charge in [0.1, 0.15) is 5.78 Å². The Kier molecular flexibility index (Phi) is 12.8. The van der Waals surface area contributed by atoms with Gasteiger partial charge in [-0.15, -0.1) is 0 Å². The standard InChI is InChI=1S/C28H48O6/c1-4-5-6-7-11-15-28(33-17-18-34-28)16-14-24-22(20-29)19-26(30)25(24)13-10-8-9-12-23(21(2)3)27(31)32/h8,10,21-25,29H,4-7,9,11-20H2,1-3H3,(H,31,32)/b10-8+/t22-,23?,24-,25+/m0/s1. The van der Waals surface area contributed by atoms with E-state index in [2.05, 4.69) is 6.92 Å². The van der Waals surface area contributed by atoms with Gasteiger partial charge >= 0.3 is 5.97 Å². The summed E-state index contributed by atoms with van der Waals surface area (Å²) in [6.45, 7) is 7.39. The van der Waals surface area contributed by atoms with Gasteiger partial charge in [0.05, 0.1) is 19.1 Å². The molecule has 1 saturated carbocycles. The first-order chi connectivity index (χ1) is 16.3.